The van der Waals surface area contributed by atoms with E-state index in [0.717, 1.165) is 58.9 Å². The van der Waals surface area contributed by atoms with E-state index in [1.807, 2.05) is 6.07 Å². The van der Waals surface area contributed by atoms with Crippen molar-refractivity contribution in [3.05, 3.63) is 30.3 Å². The first kappa shape index (κ1) is 17.2. The van der Waals surface area contributed by atoms with E-state index in [1.54, 1.807) is 0 Å². The summed E-state index contributed by atoms with van der Waals surface area (Å²) in [5.41, 5.74) is 1.26. The predicted molar refractivity (Wildman–Crippen MR) is 98.4 cm³/mol. The fourth-order valence-corrected chi connectivity index (χ4v) is 3.71. The van der Waals surface area contributed by atoms with E-state index >= 15 is 0 Å². The summed E-state index contributed by atoms with van der Waals surface area (Å²) in [7, 11) is 0. The van der Waals surface area contributed by atoms with Crippen LogP contribution in [-0.4, -0.2) is 85.6 Å². The van der Waals surface area contributed by atoms with Crippen molar-refractivity contribution in [3.8, 4) is 0 Å². The van der Waals surface area contributed by atoms with E-state index in [2.05, 4.69) is 57.7 Å². The highest BCUT2D eigenvalue weighted by Gasteiger charge is 2.30. The lowest BCUT2D eigenvalue weighted by atomic mass is 10.1. The molecule has 5 heteroatoms. The van der Waals surface area contributed by atoms with Crippen LogP contribution in [0.3, 0.4) is 0 Å². The second-order valence-electron chi connectivity index (χ2n) is 6.79. The molecule has 0 saturated carbocycles. The van der Waals surface area contributed by atoms with Crippen LogP contribution in [0.2, 0.25) is 0 Å². The number of rotatable bonds is 4. The van der Waals surface area contributed by atoms with E-state index in [-0.39, 0.29) is 6.04 Å². The summed E-state index contributed by atoms with van der Waals surface area (Å²) >= 11 is 0. The van der Waals surface area contributed by atoms with Gasteiger partial charge in [0, 0.05) is 58.0 Å². The summed E-state index contributed by atoms with van der Waals surface area (Å²) in [4.78, 5) is 22.1. The molecule has 2 fully saturated rings. The van der Waals surface area contributed by atoms with Gasteiger partial charge in [0.2, 0.25) is 5.91 Å². The second kappa shape index (κ2) is 7.99. The molecule has 24 heavy (non-hydrogen) atoms. The fraction of sp³-hybridized carbons (Fsp3) is 0.632. The number of amides is 1. The predicted octanol–water partition coefficient (Wildman–Crippen LogP) is 1.36. The molecule has 132 valence electrons. The molecule has 0 aliphatic carbocycles. The van der Waals surface area contributed by atoms with E-state index in [1.165, 1.54) is 5.69 Å². The van der Waals surface area contributed by atoms with Crippen LogP contribution < -0.4 is 4.90 Å². The third-order valence-corrected chi connectivity index (χ3v) is 5.47. The standard InChI is InChI=1S/C19H30N4O/c1-3-20-9-11-21(12-10-20)17(2)19(24)23-15-13-22(14-16-23)18-7-5-4-6-8-18/h4-8,17H,3,9-16H2,1-2H3. The Morgan fingerprint density at radius 1 is 0.958 bits per heavy atom. The number of carbonyl (C=O) groups excluding carboxylic acids is 1. The molecule has 1 unspecified atom stereocenters. The lowest BCUT2D eigenvalue weighted by Crippen LogP contribution is -2.57. The van der Waals surface area contributed by atoms with Gasteiger partial charge >= 0.3 is 0 Å². The van der Waals surface area contributed by atoms with Crippen molar-refractivity contribution in [2.45, 2.75) is 19.9 Å². The molecule has 0 radical (unpaired) electrons. The Hall–Kier alpha value is -1.59. The molecular weight excluding hydrogens is 300 g/mol. The zero-order valence-electron chi connectivity index (χ0n) is 15.0. The van der Waals surface area contributed by atoms with Crippen molar-refractivity contribution >= 4 is 11.6 Å². The van der Waals surface area contributed by atoms with Crippen molar-refractivity contribution in [1.29, 1.82) is 0 Å². The van der Waals surface area contributed by atoms with Crippen LogP contribution in [0.1, 0.15) is 13.8 Å². The molecular formula is C19H30N4O. The average Bonchev–Trinajstić information content (AvgIpc) is 2.68. The number of benzene rings is 1. The second-order valence-corrected chi connectivity index (χ2v) is 6.79. The Labute approximate surface area is 145 Å². The molecule has 3 rings (SSSR count). The molecule has 5 nitrogen and oxygen atoms in total. The van der Waals surface area contributed by atoms with Crippen LogP contribution in [0, 0.1) is 0 Å². The first-order valence-corrected chi connectivity index (χ1v) is 9.24. The van der Waals surface area contributed by atoms with Gasteiger partial charge in [0.1, 0.15) is 0 Å². The van der Waals surface area contributed by atoms with Crippen LogP contribution in [0.4, 0.5) is 5.69 Å². The minimum Gasteiger partial charge on any atom is -0.368 e. The van der Waals surface area contributed by atoms with Gasteiger partial charge in [0.25, 0.3) is 0 Å². The number of anilines is 1. The maximum Gasteiger partial charge on any atom is 0.239 e. The van der Waals surface area contributed by atoms with Crippen LogP contribution in [0.5, 0.6) is 0 Å². The molecule has 0 bridgehead atoms. The van der Waals surface area contributed by atoms with Crippen LogP contribution in [0.25, 0.3) is 0 Å². The number of hydrogen-bond donors (Lipinski definition) is 0. The van der Waals surface area contributed by atoms with Crippen LogP contribution in [0.15, 0.2) is 30.3 Å². The highest BCUT2D eigenvalue weighted by Crippen LogP contribution is 2.17. The van der Waals surface area contributed by atoms with Crippen LogP contribution in [-0.2, 0) is 4.79 Å². The summed E-state index contributed by atoms with van der Waals surface area (Å²) < 4.78 is 0. The summed E-state index contributed by atoms with van der Waals surface area (Å²) in [5, 5.41) is 0. The van der Waals surface area contributed by atoms with Gasteiger partial charge in [-0.1, -0.05) is 25.1 Å². The SMILES string of the molecule is CCN1CCN(C(C)C(=O)N2CCN(c3ccccc3)CC2)CC1. The molecule has 2 aliphatic rings. The number of hydrogen-bond acceptors (Lipinski definition) is 4. The Kier molecular flexibility index (Phi) is 5.74. The maximum absolute atomic E-state index is 12.8. The number of para-hydroxylation sites is 1. The lowest BCUT2D eigenvalue weighted by Gasteiger charge is -2.41. The molecule has 0 spiro atoms. The zero-order chi connectivity index (χ0) is 16.9. The topological polar surface area (TPSA) is 30.0 Å². The van der Waals surface area contributed by atoms with E-state index < -0.39 is 0 Å². The van der Waals surface area contributed by atoms with E-state index in [4.69, 9.17) is 0 Å². The van der Waals surface area contributed by atoms with Gasteiger partial charge < -0.3 is 14.7 Å². The summed E-state index contributed by atoms with van der Waals surface area (Å²) in [6.07, 6.45) is 0. The Balaban J connectivity index is 1.50. The van der Waals surface area contributed by atoms with Gasteiger partial charge in [-0.25, -0.2) is 0 Å². The summed E-state index contributed by atoms with van der Waals surface area (Å²) in [6, 6.07) is 10.5. The Morgan fingerprint density at radius 3 is 2.17 bits per heavy atom. The summed E-state index contributed by atoms with van der Waals surface area (Å²) in [5.74, 6) is 0.299. The zero-order valence-corrected chi connectivity index (χ0v) is 15.0. The van der Waals surface area contributed by atoms with Gasteiger partial charge in [0.15, 0.2) is 0 Å². The lowest BCUT2D eigenvalue weighted by molar-refractivity contribution is -0.137. The fourth-order valence-electron chi connectivity index (χ4n) is 3.71. The number of nitrogens with zero attached hydrogens (tertiary/aromatic N) is 4. The number of piperazine rings is 2. The van der Waals surface area contributed by atoms with Gasteiger partial charge in [-0.3, -0.25) is 9.69 Å². The molecule has 0 N–H and O–H groups in total. The van der Waals surface area contributed by atoms with E-state index in [0.29, 0.717) is 5.91 Å². The number of likely N-dealkylation sites (N-methyl/N-ethyl adjacent to an activating group) is 1. The Bertz CT molecular complexity index is 519. The normalized spacial score (nSPS) is 21.8. The molecule has 1 amide bonds. The smallest absolute Gasteiger partial charge is 0.239 e. The van der Waals surface area contributed by atoms with Gasteiger partial charge in [0.05, 0.1) is 6.04 Å². The maximum atomic E-state index is 12.8. The molecule has 1 atom stereocenters. The van der Waals surface area contributed by atoms with Crippen LogP contribution >= 0.6 is 0 Å². The first-order chi connectivity index (χ1) is 11.7. The largest absolute Gasteiger partial charge is 0.368 e. The van der Waals surface area contributed by atoms with Gasteiger partial charge in [-0.05, 0) is 25.6 Å². The molecule has 2 saturated heterocycles. The van der Waals surface area contributed by atoms with Crippen molar-refractivity contribution in [3.63, 3.8) is 0 Å². The first-order valence-electron chi connectivity index (χ1n) is 9.24. The van der Waals surface area contributed by atoms with Crippen molar-refractivity contribution in [2.24, 2.45) is 0 Å². The molecule has 1 aromatic rings. The molecule has 2 aliphatic heterocycles. The van der Waals surface area contributed by atoms with Gasteiger partial charge in [-0.15, -0.1) is 0 Å². The van der Waals surface area contributed by atoms with Gasteiger partial charge in [-0.2, -0.15) is 0 Å². The highest BCUT2D eigenvalue weighted by molar-refractivity contribution is 5.81. The third-order valence-electron chi connectivity index (χ3n) is 5.47. The summed E-state index contributed by atoms with van der Waals surface area (Å²) in [6.45, 7) is 13.1. The molecule has 1 aromatic carbocycles. The average molecular weight is 330 g/mol. The highest BCUT2D eigenvalue weighted by atomic mass is 16.2. The van der Waals surface area contributed by atoms with Crippen molar-refractivity contribution in [2.75, 3.05) is 63.8 Å². The molecule has 0 aromatic heterocycles. The monoisotopic (exact) mass is 330 g/mol. The third kappa shape index (κ3) is 3.90. The minimum atomic E-state index is 0.00674. The Morgan fingerprint density at radius 2 is 1.58 bits per heavy atom. The quantitative estimate of drug-likeness (QED) is 0.834. The minimum absolute atomic E-state index is 0.00674. The van der Waals surface area contributed by atoms with Crippen molar-refractivity contribution in [1.82, 2.24) is 14.7 Å². The number of carbonyl (C=O) groups is 1. The molecule has 2 heterocycles. The van der Waals surface area contributed by atoms with E-state index in [9.17, 15) is 4.79 Å². The van der Waals surface area contributed by atoms with Crippen molar-refractivity contribution < 1.29 is 4.79 Å².